The molecule has 142 valence electrons. The summed E-state index contributed by atoms with van der Waals surface area (Å²) in [4.78, 5) is 12.5. The van der Waals surface area contributed by atoms with Gasteiger partial charge in [-0.3, -0.25) is 5.32 Å². The number of hydrogen-bond acceptors (Lipinski definition) is 6. The number of fused-ring (bicyclic) bond motifs is 1. The van der Waals surface area contributed by atoms with Crippen LogP contribution in [-0.4, -0.2) is 47.2 Å². The molecule has 1 aliphatic rings. The fraction of sp³-hybridized carbons (Fsp3) is 0.579. The molecular formula is C19H27N3O4. The zero-order valence-corrected chi connectivity index (χ0v) is 15.6. The van der Waals surface area contributed by atoms with E-state index in [9.17, 15) is 9.90 Å². The molecule has 2 atom stereocenters. The van der Waals surface area contributed by atoms with Crippen molar-refractivity contribution in [3.05, 3.63) is 35.2 Å². The Bertz CT molecular complexity index is 776. The Kier molecular flexibility index (Phi) is 5.60. The van der Waals surface area contributed by atoms with E-state index in [0.29, 0.717) is 42.3 Å². The third-order valence-electron chi connectivity index (χ3n) is 5.19. The van der Waals surface area contributed by atoms with Crippen molar-refractivity contribution in [1.29, 1.82) is 0 Å². The Hall–Kier alpha value is -1.96. The molecule has 0 aromatic carbocycles. The zero-order valence-electron chi connectivity index (χ0n) is 15.6. The normalized spacial score (nSPS) is 21.0. The number of nitrogens with one attached hydrogen (secondary N) is 1. The molecule has 26 heavy (non-hydrogen) atoms. The van der Waals surface area contributed by atoms with E-state index in [-0.39, 0.29) is 11.9 Å². The van der Waals surface area contributed by atoms with E-state index in [1.54, 1.807) is 30.6 Å². The van der Waals surface area contributed by atoms with Crippen molar-refractivity contribution in [1.82, 2.24) is 14.9 Å². The molecule has 0 radical (unpaired) electrons. The summed E-state index contributed by atoms with van der Waals surface area (Å²) in [6, 6.07) is 3.61. The van der Waals surface area contributed by atoms with Gasteiger partial charge in [0.2, 0.25) is 0 Å². The van der Waals surface area contributed by atoms with Gasteiger partial charge in [-0.05, 0) is 63.8 Å². The minimum Gasteiger partial charge on any atom is -0.462 e. The summed E-state index contributed by atoms with van der Waals surface area (Å²) in [5.41, 5.74) is 1.31. The highest BCUT2D eigenvalue weighted by atomic mass is 16.5. The van der Waals surface area contributed by atoms with Gasteiger partial charge in [0.25, 0.3) is 0 Å². The molecule has 7 nitrogen and oxygen atoms in total. The molecule has 3 rings (SSSR count). The third kappa shape index (κ3) is 3.34. The quantitative estimate of drug-likeness (QED) is 0.811. The molecule has 2 aromatic heterocycles. The van der Waals surface area contributed by atoms with Gasteiger partial charge in [0, 0.05) is 12.8 Å². The first-order valence-corrected chi connectivity index (χ1v) is 9.13. The first kappa shape index (κ1) is 18.8. The number of hydrogen-bond donors (Lipinski definition) is 2. The standard InChI is InChI=1S/C19H27N3O4/c1-4-26-18(23)16-13(2)17(22-15(16)6-5-9-21-22)19(3,24)14-7-10-20-12-25-11-8-14/h5-6,9,14,20,24H,4,7-8,10-12H2,1-3H3. The summed E-state index contributed by atoms with van der Waals surface area (Å²) in [7, 11) is 0. The number of esters is 1. The first-order chi connectivity index (χ1) is 12.5. The van der Waals surface area contributed by atoms with E-state index >= 15 is 0 Å². The Balaban J connectivity index is 2.11. The lowest BCUT2D eigenvalue weighted by atomic mass is 9.80. The van der Waals surface area contributed by atoms with Crippen LogP contribution in [0.4, 0.5) is 0 Å². The number of carbonyl (C=O) groups excluding carboxylic acids is 1. The molecule has 0 bridgehead atoms. The van der Waals surface area contributed by atoms with Crippen LogP contribution in [0.3, 0.4) is 0 Å². The van der Waals surface area contributed by atoms with E-state index in [1.165, 1.54) is 0 Å². The van der Waals surface area contributed by atoms with Gasteiger partial charge < -0.3 is 14.6 Å². The lowest BCUT2D eigenvalue weighted by molar-refractivity contribution is -0.0387. The molecule has 1 fully saturated rings. The minimum atomic E-state index is -1.16. The highest BCUT2D eigenvalue weighted by Gasteiger charge is 2.39. The van der Waals surface area contributed by atoms with Gasteiger partial charge in [0.05, 0.1) is 30.1 Å². The van der Waals surface area contributed by atoms with Gasteiger partial charge in [-0.25, -0.2) is 9.31 Å². The molecule has 2 unspecified atom stereocenters. The van der Waals surface area contributed by atoms with Gasteiger partial charge in [0.15, 0.2) is 0 Å². The van der Waals surface area contributed by atoms with Crippen molar-refractivity contribution in [3.63, 3.8) is 0 Å². The predicted octanol–water partition coefficient (Wildman–Crippen LogP) is 2.00. The highest BCUT2D eigenvalue weighted by Crippen LogP contribution is 2.38. The topological polar surface area (TPSA) is 85.1 Å². The molecule has 0 saturated carbocycles. The van der Waals surface area contributed by atoms with Crippen molar-refractivity contribution < 1.29 is 19.4 Å². The average Bonchev–Trinajstić information content (AvgIpc) is 2.86. The second-order valence-electron chi connectivity index (χ2n) is 6.86. The van der Waals surface area contributed by atoms with Crippen LogP contribution in [-0.2, 0) is 15.1 Å². The highest BCUT2D eigenvalue weighted by molar-refractivity contribution is 5.99. The molecule has 0 amide bonds. The molecule has 7 heteroatoms. The van der Waals surface area contributed by atoms with Crippen LogP contribution in [0.25, 0.3) is 5.52 Å². The Morgan fingerprint density at radius 1 is 1.54 bits per heavy atom. The van der Waals surface area contributed by atoms with E-state index in [4.69, 9.17) is 9.47 Å². The summed E-state index contributed by atoms with van der Waals surface area (Å²) in [6.07, 6.45) is 3.21. The van der Waals surface area contributed by atoms with Gasteiger partial charge in [0.1, 0.15) is 5.60 Å². The van der Waals surface area contributed by atoms with Crippen LogP contribution in [0.5, 0.6) is 0 Å². The van der Waals surface area contributed by atoms with Crippen LogP contribution in [0.1, 0.15) is 48.3 Å². The Labute approximate surface area is 153 Å². The van der Waals surface area contributed by atoms with Crippen molar-refractivity contribution in [2.45, 2.75) is 39.2 Å². The van der Waals surface area contributed by atoms with E-state index < -0.39 is 5.60 Å². The maximum Gasteiger partial charge on any atom is 0.340 e. The monoisotopic (exact) mass is 361 g/mol. The lowest BCUT2D eigenvalue weighted by Crippen LogP contribution is -2.38. The van der Waals surface area contributed by atoms with Crippen LogP contribution >= 0.6 is 0 Å². The Morgan fingerprint density at radius 3 is 3.12 bits per heavy atom. The van der Waals surface area contributed by atoms with Crippen LogP contribution in [0.15, 0.2) is 18.3 Å². The van der Waals surface area contributed by atoms with Crippen LogP contribution in [0.2, 0.25) is 0 Å². The summed E-state index contributed by atoms with van der Waals surface area (Å²) in [5, 5.41) is 19.1. The van der Waals surface area contributed by atoms with Gasteiger partial charge in [-0.15, -0.1) is 0 Å². The number of nitrogens with zero attached hydrogens (tertiary/aromatic N) is 2. The number of aromatic nitrogens is 2. The first-order valence-electron chi connectivity index (χ1n) is 9.13. The number of ether oxygens (including phenoxy) is 2. The maximum atomic E-state index is 12.5. The lowest BCUT2D eigenvalue weighted by Gasteiger charge is -2.34. The summed E-state index contributed by atoms with van der Waals surface area (Å²) < 4.78 is 12.4. The van der Waals surface area contributed by atoms with Gasteiger partial charge in [-0.2, -0.15) is 5.10 Å². The SMILES string of the molecule is CCOC(=O)c1c(C)c(C(C)(O)C2CCNCOCC2)n2ncccc12. The number of rotatable bonds is 4. The second-order valence-corrected chi connectivity index (χ2v) is 6.86. The fourth-order valence-corrected chi connectivity index (χ4v) is 3.88. The third-order valence-corrected chi connectivity index (χ3v) is 5.19. The van der Waals surface area contributed by atoms with E-state index in [2.05, 4.69) is 10.4 Å². The van der Waals surface area contributed by atoms with Crippen molar-refractivity contribution in [3.8, 4) is 0 Å². The van der Waals surface area contributed by atoms with Crippen LogP contribution < -0.4 is 5.32 Å². The fourth-order valence-electron chi connectivity index (χ4n) is 3.88. The van der Waals surface area contributed by atoms with Crippen molar-refractivity contribution >= 4 is 11.5 Å². The Morgan fingerprint density at radius 2 is 2.35 bits per heavy atom. The van der Waals surface area contributed by atoms with Gasteiger partial charge >= 0.3 is 5.97 Å². The summed E-state index contributed by atoms with van der Waals surface area (Å²) in [6.45, 7) is 7.61. The second kappa shape index (κ2) is 7.73. The maximum absolute atomic E-state index is 12.5. The summed E-state index contributed by atoms with van der Waals surface area (Å²) in [5.74, 6) is -0.413. The average molecular weight is 361 g/mol. The molecule has 1 aliphatic heterocycles. The molecule has 2 N–H and O–H groups in total. The van der Waals surface area contributed by atoms with Crippen molar-refractivity contribution in [2.75, 3.05) is 26.5 Å². The van der Waals surface area contributed by atoms with Gasteiger partial charge in [-0.1, -0.05) is 0 Å². The largest absolute Gasteiger partial charge is 0.462 e. The molecule has 0 spiro atoms. The van der Waals surface area contributed by atoms with Crippen molar-refractivity contribution in [2.24, 2.45) is 5.92 Å². The molecular weight excluding hydrogens is 334 g/mol. The molecule has 2 aromatic rings. The molecule has 1 saturated heterocycles. The molecule has 0 aliphatic carbocycles. The predicted molar refractivity (Wildman–Crippen MR) is 97.0 cm³/mol. The smallest absolute Gasteiger partial charge is 0.340 e. The zero-order chi connectivity index (χ0) is 18.7. The van der Waals surface area contributed by atoms with Crippen LogP contribution in [0, 0.1) is 12.8 Å². The summed E-state index contributed by atoms with van der Waals surface area (Å²) >= 11 is 0. The number of carbonyl (C=O) groups is 1. The van der Waals surface area contributed by atoms with E-state index in [1.807, 2.05) is 13.0 Å². The molecule has 3 heterocycles. The number of aliphatic hydroxyl groups is 1. The van der Waals surface area contributed by atoms with E-state index in [0.717, 1.165) is 19.4 Å². The minimum absolute atomic E-state index is 0.0239.